The Kier molecular flexibility index (Phi) is 4.05. The van der Waals surface area contributed by atoms with E-state index in [9.17, 15) is 14.3 Å². The molecule has 2 aromatic carbocycles. The molecule has 106 valence electrons. The number of ether oxygens (including phenoxy) is 1. The largest absolute Gasteiger partial charge is 0.507 e. The van der Waals surface area contributed by atoms with Gasteiger partial charge in [0.25, 0.3) is 5.91 Å². The van der Waals surface area contributed by atoms with Gasteiger partial charge in [-0.05, 0) is 24.3 Å². The van der Waals surface area contributed by atoms with Crippen molar-refractivity contribution in [2.24, 2.45) is 0 Å². The number of halogens is 1. The molecule has 21 heavy (non-hydrogen) atoms. The van der Waals surface area contributed by atoms with Crippen molar-refractivity contribution in [2.45, 2.75) is 0 Å². The van der Waals surface area contributed by atoms with E-state index in [0.717, 1.165) is 12.1 Å². The van der Waals surface area contributed by atoms with Gasteiger partial charge in [0.15, 0.2) is 0 Å². The van der Waals surface area contributed by atoms with Crippen molar-refractivity contribution in [1.82, 2.24) is 0 Å². The molecule has 2 N–H and O–H groups in total. The summed E-state index contributed by atoms with van der Waals surface area (Å²) in [6.07, 6.45) is 0. The fraction of sp³-hybridized carbons (Fsp3) is 0.0667. The summed E-state index contributed by atoms with van der Waals surface area (Å²) in [6, 6.07) is 9.56. The third-order valence-electron chi connectivity index (χ3n) is 2.78. The zero-order valence-electron chi connectivity index (χ0n) is 11.1. The number of anilines is 1. The van der Waals surface area contributed by atoms with Gasteiger partial charge >= 0.3 is 0 Å². The number of aromatic hydroxyl groups is 1. The summed E-state index contributed by atoms with van der Waals surface area (Å²) in [4.78, 5) is 12.1. The number of hydrogen-bond acceptors (Lipinski definition) is 4. The van der Waals surface area contributed by atoms with Crippen molar-refractivity contribution in [3.05, 3.63) is 53.3 Å². The maximum absolute atomic E-state index is 12.9. The van der Waals surface area contributed by atoms with Crippen LogP contribution in [0.2, 0.25) is 0 Å². The van der Waals surface area contributed by atoms with Crippen LogP contribution in [0.1, 0.15) is 15.9 Å². The van der Waals surface area contributed by atoms with Crippen LogP contribution in [0.25, 0.3) is 0 Å². The van der Waals surface area contributed by atoms with E-state index >= 15 is 0 Å². The van der Waals surface area contributed by atoms with Crippen LogP contribution in [0.15, 0.2) is 36.4 Å². The molecular formula is C15H11FN2O3. The molecule has 6 heteroatoms. The number of carbonyl (C=O) groups excluding carboxylic acids is 1. The fourth-order valence-electron chi connectivity index (χ4n) is 1.75. The lowest BCUT2D eigenvalue weighted by atomic mass is 10.1. The molecule has 2 aromatic rings. The molecule has 0 fully saturated rings. The van der Waals surface area contributed by atoms with Crippen molar-refractivity contribution in [3.63, 3.8) is 0 Å². The predicted octanol–water partition coefficient (Wildman–Crippen LogP) is 2.66. The Labute approximate surface area is 120 Å². The summed E-state index contributed by atoms with van der Waals surface area (Å²) in [7, 11) is 1.40. The third-order valence-corrected chi connectivity index (χ3v) is 2.78. The van der Waals surface area contributed by atoms with E-state index in [-0.39, 0.29) is 5.56 Å². The summed E-state index contributed by atoms with van der Waals surface area (Å²) in [6.45, 7) is 0. The zero-order chi connectivity index (χ0) is 15.4. The average Bonchev–Trinajstić information content (AvgIpc) is 2.47. The first kappa shape index (κ1) is 14.3. The monoisotopic (exact) mass is 286 g/mol. The number of benzene rings is 2. The lowest BCUT2D eigenvalue weighted by Gasteiger charge is -2.11. The van der Waals surface area contributed by atoms with Gasteiger partial charge in [0.05, 0.1) is 30.0 Å². The number of hydrogen-bond donors (Lipinski definition) is 2. The fourth-order valence-corrected chi connectivity index (χ4v) is 1.75. The topological polar surface area (TPSA) is 82.3 Å². The quantitative estimate of drug-likeness (QED) is 0.908. The highest BCUT2D eigenvalue weighted by Crippen LogP contribution is 2.27. The maximum atomic E-state index is 12.9. The summed E-state index contributed by atoms with van der Waals surface area (Å²) < 4.78 is 18.0. The number of phenolic OH excluding ortho intramolecular Hbond substituents is 1. The first-order valence-electron chi connectivity index (χ1n) is 5.93. The molecule has 0 aromatic heterocycles. The Morgan fingerprint density at radius 2 is 2.10 bits per heavy atom. The van der Waals surface area contributed by atoms with Gasteiger partial charge in [0.2, 0.25) is 0 Å². The predicted molar refractivity (Wildman–Crippen MR) is 73.7 cm³/mol. The Hall–Kier alpha value is -3.07. The number of nitriles is 1. The average molecular weight is 286 g/mol. The number of methoxy groups -OCH3 is 1. The van der Waals surface area contributed by atoms with Crippen LogP contribution >= 0.6 is 0 Å². The van der Waals surface area contributed by atoms with Crippen LogP contribution in [-0.2, 0) is 0 Å². The number of amides is 1. The number of nitrogens with one attached hydrogen (secondary N) is 1. The summed E-state index contributed by atoms with van der Waals surface area (Å²) >= 11 is 0. The van der Waals surface area contributed by atoms with Crippen LogP contribution in [0.4, 0.5) is 10.1 Å². The molecule has 0 unspecified atom stereocenters. The van der Waals surface area contributed by atoms with E-state index in [1.807, 2.05) is 6.07 Å². The van der Waals surface area contributed by atoms with Crippen molar-refractivity contribution < 1.29 is 19.0 Å². The Balaban J connectivity index is 2.29. The molecule has 5 nitrogen and oxygen atoms in total. The molecule has 0 heterocycles. The van der Waals surface area contributed by atoms with Gasteiger partial charge in [-0.15, -0.1) is 0 Å². The molecule has 0 atom stereocenters. The molecule has 0 aliphatic rings. The summed E-state index contributed by atoms with van der Waals surface area (Å²) in [5.74, 6) is -1.40. The van der Waals surface area contributed by atoms with E-state index in [0.29, 0.717) is 17.0 Å². The second-order valence-electron chi connectivity index (χ2n) is 4.14. The van der Waals surface area contributed by atoms with Gasteiger partial charge in [0.1, 0.15) is 17.3 Å². The third kappa shape index (κ3) is 3.09. The standard InChI is InChI=1S/C15H11FN2O3/c1-21-14-6-9(8-17)2-5-12(14)18-15(20)11-4-3-10(16)7-13(11)19/h2-7,19H,1H3,(H,18,20). The minimum Gasteiger partial charge on any atom is -0.507 e. The lowest BCUT2D eigenvalue weighted by molar-refractivity contribution is 0.102. The number of nitrogens with zero attached hydrogens (tertiary/aromatic N) is 1. The van der Waals surface area contributed by atoms with Crippen LogP contribution < -0.4 is 10.1 Å². The number of phenols is 1. The minimum absolute atomic E-state index is 0.0668. The van der Waals surface area contributed by atoms with Crippen molar-refractivity contribution in [2.75, 3.05) is 12.4 Å². The summed E-state index contributed by atoms with van der Waals surface area (Å²) in [5, 5.41) is 20.9. The first-order chi connectivity index (χ1) is 10.0. The van der Waals surface area contributed by atoms with Gasteiger partial charge in [-0.25, -0.2) is 4.39 Å². The summed E-state index contributed by atoms with van der Waals surface area (Å²) in [5.41, 5.74) is 0.655. The van der Waals surface area contributed by atoms with E-state index in [1.54, 1.807) is 0 Å². The van der Waals surface area contributed by atoms with Crippen LogP contribution in [0.3, 0.4) is 0 Å². The van der Waals surface area contributed by atoms with E-state index in [4.69, 9.17) is 10.00 Å². The van der Waals surface area contributed by atoms with Gasteiger partial charge in [0, 0.05) is 12.1 Å². The highest BCUT2D eigenvalue weighted by atomic mass is 19.1. The molecule has 1 amide bonds. The zero-order valence-corrected chi connectivity index (χ0v) is 11.1. The van der Waals surface area contributed by atoms with Gasteiger partial charge < -0.3 is 15.2 Å². The second-order valence-corrected chi connectivity index (χ2v) is 4.14. The highest BCUT2D eigenvalue weighted by molar-refractivity contribution is 6.06. The van der Waals surface area contributed by atoms with Gasteiger partial charge in [-0.2, -0.15) is 5.26 Å². The van der Waals surface area contributed by atoms with E-state index < -0.39 is 17.5 Å². The molecule has 0 spiro atoms. The first-order valence-corrected chi connectivity index (χ1v) is 5.93. The smallest absolute Gasteiger partial charge is 0.259 e. The van der Waals surface area contributed by atoms with Crippen LogP contribution in [0.5, 0.6) is 11.5 Å². The normalized spacial score (nSPS) is 9.76. The molecule has 0 saturated heterocycles. The Morgan fingerprint density at radius 1 is 1.33 bits per heavy atom. The molecule has 0 aliphatic heterocycles. The number of rotatable bonds is 3. The molecule has 0 aliphatic carbocycles. The Bertz CT molecular complexity index is 738. The van der Waals surface area contributed by atoms with Crippen LogP contribution in [0, 0.1) is 17.1 Å². The molecule has 0 saturated carbocycles. The molecule has 2 rings (SSSR count). The van der Waals surface area contributed by atoms with Crippen molar-refractivity contribution in [1.29, 1.82) is 5.26 Å². The minimum atomic E-state index is -0.639. The van der Waals surface area contributed by atoms with E-state index in [2.05, 4.69) is 5.32 Å². The highest BCUT2D eigenvalue weighted by Gasteiger charge is 2.14. The van der Waals surface area contributed by atoms with Crippen molar-refractivity contribution in [3.8, 4) is 17.6 Å². The number of carbonyl (C=O) groups is 1. The lowest BCUT2D eigenvalue weighted by Crippen LogP contribution is -2.13. The molecular weight excluding hydrogens is 275 g/mol. The maximum Gasteiger partial charge on any atom is 0.259 e. The van der Waals surface area contributed by atoms with E-state index in [1.165, 1.54) is 31.4 Å². The van der Waals surface area contributed by atoms with Crippen molar-refractivity contribution >= 4 is 11.6 Å². The SMILES string of the molecule is COc1cc(C#N)ccc1NC(=O)c1ccc(F)cc1O. The molecule has 0 bridgehead atoms. The van der Waals surface area contributed by atoms with Crippen LogP contribution in [-0.4, -0.2) is 18.1 Å². The second kappa shape index (κ2) is 5.92. The molecule has 0 radical (unpaired) electrons. The van der Waals surface area contributed by atoms with Gasteiger partial charge in [-0.3, -0.25) is 4.79 Å². The van der Waals surface area contributed by atoms with Gasteiger partial charge in [-0.1, -0.05) is 0 Å². The Morgan fingerprint density at radius 3 is 2.71 bits per heavy atom.